The lowest BCUT2D eigenvalue weighted by Gasteiger charge is -2.14. The van der Waals surface area contributed by atoms with Gasteiger partial charge in [0.1, 0.15) is 5.76 Å². The topological polar surface area (TPSA) is 25.2 Å². The molecule has 90 valence electrons. The van der Waals surface area contributed by atoms with E-state index in [0.717, 1.165) is 20.1 Å². The van der Waals surface area contributed by atoms with E-state index in [1.807, 2.05) is 36.4 Å². The molecule has 1 atom stereocenters. The Labute approximate surface area is 119 Å². The van der Waals surface area contributed by atoms with Crippen molar-refractivity contribution in [3.63, 3.8) is 0 Å². The summed E-state index contributed by atoms with van der Waals surface area (Å²) in [6, 6.07) is 12.0. The Hall–Kier alpha value is -0.520. The van der Waals surface area contributed by atoms with Crippen LogP contribution >= 0.6 is 34.2 Å². The molecule has 1 aromatic heterocycles. The summed E-state index contributed by atoms with van der Waals surface area (Å²) in [5.41, 5.74) is 1.11. The lowest BCUT2D eigenvalue weighted by Crippen LogP contribution is -2.18. The molecule has 1 aromatic carbocycles. The van der Waals surface area contributed by atoms with Gasteiger partial charge >= 0.3 is 0 Å². The smallest absolute Gasteiger partial charge is 0.164 e. The molecular formula is C13H13ClINO. The first kappa shape index (κ1) is 12.9. The van der Waals surface area contributed by atoms with Crippen molar-refractivity contribution in [3.05, 3.63) is 56.5 Å². The maximum Gasteiger partial charge on any atom is 0.164 e. The molecule has 1 unspecified atom stereocenters. The highest BCUT2D eigenvalue weighted by Gasteiger charge is 2.09. The van der Waals surface area contributed by atoms with E-state index < -0.39 is 0 Å². The normalized spacial score (nSPS) is 12.6. The molecule has 2 rings (SSSR count). The van der Waals surface area contributed by atoms with Crippen molar-refractivity contribution in [3.8, 4) is 0 Å². The molecular weight excluding hydrogens is 349 g/mol. The van der Waals surface area contributed by atoms with Gasteiger partial charge in [-0.25, -0.2) is 0 Å². The molecule has 17 heavy (non-hydrogen) atoms. The molecule has 0 fully saturated rings. The summed E-state index contributed by atoms with van der Waals surface area (Å²) >= 11 is 8.30. The fourth-order valence-corrected chi connectivity index (χ4v) is 2.40. The lowest BCUT2D eigenvalue weighted by atomic mass is 10.1. The fourth-order valence-electron chi connectivity index (χ4n) is 1.64. The quantitative estimate of drug-likeness (QED) is 0.817. The highest BCUT2D eigenvalue weighted by atomic mass is 127. The van der Waals surface area contributed by atoms with Gasteiger partial charge in [0.05, 0.1) is 6.54 Å². The number of rotatable bonds is 4. The van der Waals surface area contributed by atoms with Crippen LogP contribution in [0.1, 0.15) is 24.3 Å². The number of halogens is 2. The van der Waals surface area contributed by atoms with Crippen molar-refractivity contribution in [2.24, 2.45) is 0 Å². The molecule has 2 nitrogen and oxygen atoms in total. The van der Waals surface area contributed by atoms with Gasteiger partial charge in [-0.05, 0) is 53.3 Å². The third kappa shape index (κ3) is 3.47. The van der Waals surface area contributed by atoms with Crippen LogP contribution in [0, 0.1) is 3.77 Å². The van der Waals surface area contributed by atoms with Crippen LogP contribution in [0.3, 0.4) is 0 Å². The first-order valence-electron chi connectivity index (χ1n) is 5.39. The van der Waals surface area contributed by atoms with Crippen molar-refractivity contribution in [2.45, 2.75) is 19.5 Å². The van der Waals surface area contributed by atoms with Crippen molar-refractivity contribution < 1.29 is 4.42 Å². The van der Waals surface area contributed by atoms with Crippen LogP contribution < -0.4 is 5.32 Å². The van der Waals surface area contributed by atoms with Crippen molar-refractivity contribution in [1.29, 1.82) is 0 Å². The summed E-state index contributed by atoms with van der Waals surface area (Å²) in [5, 5.41) is 4.18. The van der Waals surface area contributed by atoms with E-state index in [1.165, 1.54) is 0 Å². The predicted octanol–water partition coefficient (Wildman–Crippen LogP) is 4.39. The van der Waals surface area contributed by atoms with Crippen LogP contribution in [0.4, 0.5) is 0 Å². The van der Waals surface area contributed by atoms with E-state index in [4.69, 9.17) is 16.0 Å². The summed E-state index contributed by atoms with van der Waals surface area (Å²) in [6.07, 6.45) is 0. The lowest BCUT2D eigenvalue weighted by molar-refractivity contribution is 0.445. The van der Waals surface area contributed by atoms with E-state index in [-0.39, 0.29) is 6.04 Å². The standard InChI is InChI=1S/C13H13ClINO/c1-9(11-4-2-3-5-12(11)14)16-8-10-6-7-13(15)17-10/h2-7,9,16H,8H2,1H3. The van der Waals surface area contributed by atoms with E-state index in [9.17, 15) is 0 Å². The summed E-state index contributed by atoms with van der Waals surface area (Å²) in [5.74, 6) is 0.938. The van der Waals surface area contributed by atoms with Crippen LogP contribution in [0.5, 0.6) is 0 Å². The highest BCUT2D eigenvalue weighted by molar-refractivity contribution is 14.1. The molecule has 1 N–H and O–H groups in total. The second-order valence-electron chi connectivity index (χ2n) is 3.83. The van der Waals surface area contributed by atoms with Gasteiger partial charge in [-0.3, -0.25) is 0 Å². The van der Waals surface area contributed by atoms with Crippen LogP contribution in [0.25, 0.3) is 0 Å². The van der Waals surface area contributed by atoms with Gasteiger partial charge in [0.15, 0.2) is 3.77 Å². The SMILES string of the molecule is CC(NCc1ccc(I)o1)c1ccccc1Cl. The van der Waals surface area contributed by atoms with Gasteiger partial charge in [0, 0.05) is 11.1 Å². The minimum Gasteiger partial charge on any atom is -0.454 e. The fraction of sp³-hybridized carbons (Fsp3) is 0.231. The Balaban J connectivity index is 1.98. The average molecular weight is 362 g/mol. The van der Waals surface area contributed by atoms with Gasteiger partial charge in [0.2, 0.25) is 0 Å². The largest absolute Gasteiger partial charge is 0.454 e. The minimum atomic E-state index is 0.200. The highest BCUT2D eigenvalue weighted by Crippen LogP contribution is 2.22. The van der Waals surface area contributed by atoms with Crippen LogP contribution in [-0.2, 0) is 6.54 Å². The first-order chi connectivity index (χ1) is 8.16. The Morgan fingerprint density at radius 2 is 2.06 bits per heavy atom. The second-order valence-corrected chi connectivity index (χ2v) is 5.30. The zero-order chi connectivity index (χ0) is 12.3. The molecule has 0 aliphatic carbocycles. The van der Waals surface area contributed by atoms with Gasteiger partial charge in [-0.2, -0.15) is 0 Å². The maximum absolute atomic E-state index is 6.14. The molecule has 0 amide bonds. The molecule has 4 heteroatoms. The van der Waals surface area contributed by atoms with Gasteiger partial charge < -0.3 is 9.73 Å². The molecule has 0 bridgehead atoms. The minimum absolute atomic E-state index is 0.200. The van der Waals surface area contributed by atoms with Crippen LogP contribution in [0.15, 0.2) is 40.8 Å². The van der Waals surface area contributed by atoms with Crippen molar-refractivity contribution in [1.82, 2.24) is 5.32 Å². The molecule has 2 aromatic rings. The third-order valence-electron chi connectivity index (χ3n) is 2.58. The van der Waals surface area contributed by atoms with Gasteiger partial charge in [0.25, 0.3) is 0 Å². The Morgan fingerprint density at radius 3 is 2.71 bits per heavy atom. The van der Waals surface area contributed by atoms with Crippen molar-refractivity contribution in [2.75, 3.05) is 0 Å². The summed E-state index contributed by atoms with van der Waals surface area (Å²) in [7, 11) is 0. The molecule has 1 heterocycles. The van der Waals surface area contributed by atoms with Crippen molar-refractivity contribution >= 4 is 34.2 Å². The predicted molar refractivity (Wildman–Crippen MR) is 78.1 cm³/mol. The zero-order valence-electron chi connectivity index (χ0n) is 9.41. The van der Waals surface area contributed by atoms with E-state index in [1.54, 1.807) is 0 Å². The molecule has 0 saturated carbocycles. The Bertz CT molecular complexity index is 498. The summed E-state index contributed by atoms with van der Waals surface area (Å²) in [6.45, 7) is 2.80. The van der Waals surface area contributed by atoms with E-state index in [0.29, 0.717) is 6.54 Å². The number of benzene rings is 1. The van der Waals surface area contributed by atoms with Gasteiger partial charge in [-0.1, -0.05) is 29.8 Å². The molecule has 0 aliphatic rings. The molecule has 0 spiro atoms. The van der Waals surface area contributed by atoms with Crippen LogP contribution in [0.2, 0.25) is 5.02 Å². The summed E-state index contributed by atoms with van der Waals surface area (Å²) in [4.78, 5) is 0. The maximum atomic E-state index is 6.14. The monoisotopic (exact) mass is 361 g/mol. The average Bonchev–Trinajstić information content (AvgIpc) is 2.73. The molecule has 0 saturated heterocycles. The number of nitrogens with one attached hydrogen (secondary N) is 1. The van der Waals surface area contributed by atoms with Gasteiger partial charge in [-0.15, -0.1) is 0 Å². The Morgan fingerprint density at radius 1 is 1.29 bits per heavy atom. The zero-order valence-corrected chi connectivity index (χ0v) is 12.3. The number of furan rings is 1. The second kappa shape index (κ2) is 5.89. The third-order valence-corrected chi connectivity index (χ3v) is 3.51. The molecule has 0 radical (unpaired) electrons. The van der Waals surface area contributed by atoms with E-state index in [2.05, 4.69) is 34.8 Å². The number of hydrogen-bond donors (Lipinski definition) is 1. The number of hydrogen-bond acceptors (Lipinski definition) is 2. The first-order valence-corrected chi connectivity index (χ1v) is 6.84. The molecule has 0 aliphatic heterocycles. The van der Waals surface area contributed by atoms with Crippen LogP contribution in [-0.4, -0.2) is 0 Å². The Kier molecular flexibility index (Phi) is 4.48. The van der Waals surface area contributed by atoms with E-state index >= 15 is 0 Å². The summed E-state index contributed by atoms with van der Waals surface area (Å²) < 4.78 is 6.40.